The molecule has 3 nitrogen and oxygen atoms in total. The van der Waals surface area contributed by atoms with Crippen LogP contribution >= 0.6 is 0 Å². The average molecular weight is 304 g/mol. The number of nitrogens with one attached hydrogen (secondary N) is 1. The van der Waals surface area contributed by atoms with Crippen LogP contribution in [0.4, 0.5) is 0 Å². The smallest absolute Gasteiger partial charge is 0.178 e. The second-order valence-corrected chi connectivity index (χ2v) is 6.21. The highest BCUT2D eigenvalue weighted by molar-refractivity contribution is 6.08. The largest absolute Gasteiger partial charge is 0.360 e. The molecule has 23 heavy (non-hydrogen) atoms. The van der Waals surface area contributed by atoms with Gasteiger partial charge in [-0.25, -0.2) is 0 Å². The number of likely N-dealkylation sites (tertiary alicyclic amines) is 1. The fraction of sp³-hybridized carbons (Fsp3) is 0.250. The van der Waals surface area contributed by atoms with E-state index in [0.717, 1.165) is 35.9 Å². The van der Waals surface area contributed by atoms with Gasteiger partial charge in [-0.15, -0.1) is 0 Å². The van der Waals surface area contributed by atoms with E-state index in [1.54, 1.807) is 0 Å². The van der Waals surface area contributed by atoms with Gasteiger partial charge in [-0.3, -0.25) is 9.69 Å². The van der Waals surface area contributed by atoms with Crippen LogP contribution in [0, 0.1) is 0 Å². The predicted molar refractivity (Wildman–Crippen MR) is 92.6 cm³/mol. The first kappa shape index (κ1) is 14.2. The maximum atomic E-state index is 12.8. The van der Waals surface area contributed by atoms with Crippen molar-refractivity contribution in [3.05, 3.63) is 71.9 Å². The van der Waals surface area contributed by atoms with Gasteiger partial charge in [0.2, 0.25) is 0 Å². The number of H-pyrrole nitrogens is 1. The Balaban J connectivity index is 1.56. The number of hydrogen-bond donors (Lipinski definition) is 1. The maximum Gasteiger partial charge on any atom is 0.178 e. The molecule has 1 fully saturated rings. The molecule has 0 bridgehead atoms. The SMILES string of the molecule is O=C(CN1CCCC1c1ccccc1)c1c[nH]c2ccccc12. The summed E-state index contributed by atoms with van der Waals surface area (Å²) in [5.74, 6) is 0.199. The quantitative estimate of drug-likeness (QED) is 0.734. The van der Waals surface area contributed by atoms with Crippen molar-refractivity contribution < 1.29 is 4.79 Å². The minimum Gasteiger partial charge on any atom is -0.360 e. The molecular formula is C20H20N2O. The van der Waals surface area contributed by atoms with Crippen molar-refractivity contribution in [3.63, 3.8) is 0 Å². The number of hydrogen-bond acceptors (Lipinski definition) is 2. The van der Waals surface area contributed by atoms with E-state index in [1.165, 1.54) is 5.56 Å². The van der Waals surface area contributed by atoms with Gasteiger partial charge >= 0.3 is 0 Å². The van der Waals surface area contributed by atoms with Crippen LogP contribution in [0.3, 0.4) is 0 Å². The lowest BCUT2D eigenvalue weighted by atomic mass is 10.0. The number of benzene rings is 2. The number of nitrogens with zero attached hydrogens (tertiary/aromatic N) is 1. The zero-order valence-corrected chi connectivity index (χ0v) is 13.0. The first-order valence-electron chi connectivity index (χ1n) is 8.21. The van der Waals surface area contributed by atoms with Crippen LogP contribution < -0.4 is 0 Å². The lowest BCUT2D eigenvalue weighted by Gasteiger charge is -2.24. The molecule has 2 aromatic carbocycles. The molecule has 1 unspecified atom stereocenters. The van der Waals surface area contributed by atoms with E-state index in [0.29, 0.717) is 12.6 Å². The van der Waals surface area contributed by atoms with Crippen LogP contribution in [-0.4, -0.2) is 28.8 Å². The number of ketones is 1. The molecule has 2 heterocycles. The summed E-state index contributed by atoms with van der Waals surface area (Å²) in [6, 6.07) is 18.9. The summed E-state index contributed by atoms with van der Waals surface area (Å²) < 4.78 is 0. The van der Waals surface area contributed by atoms with Gasteiger partial charge in [-0.2, -0.15) is 0 Å². The van der Waals surface area contributed by atoms with E-state index in [1.807, 2.05) is 36.5 Å². The molecule has 3 heteroatoms. The number of para-hydroxylation sites is 1. The molecular weight excluding hydrogens is 284 g/mol. The number of Topliss-reactive ketones (excluding diaryl/α,β-unsaturated/α-hetero) is 1. The molecule has 0 saturated carbocycles. The minimum absolute atomic E-state index is 0.199. The Kier molecular flexibility index (Phi) is 3.72. The first-order chi connectivity index (χ1) is 11.3. The Morgan fingerprint density at radius 2 is 1.87 bits per heavy atom. The van der Waals surface area contributed by atoms with Crippen LogP contribution in [-0.2, 0) is 0 Å². The Morgan fingerprint density at radius 3 is 2.74 bits per heavy atom. The van der Waals surface area contributed by atoms with Crippen molar-refractivity contribution in [2.75, 3.05) is 13.1 Å². The highest BCUT2D eigenvalue weighted by Crippen LogP contribution is 2.32. The van der Waals surface area contributed by atoms with E-state index in [-0.39, 0.29) is 5.78 Å². The standard InChI is InChI=1S/C20H20N2O/c23-20(17-13-21-18-10-5-4-9-16(17)18)14-22-12-6-11-19(22)15-7-2-1-3-8-15/h1-5,7-10,13,19,21H,6,11-12,14H2. The van der Waals surface area contributed by atoms with Gasteiger partial charge in [0.05, 0.1) is 6.54 Å². The van der Waals surface area contributed by atoms with Crippen molar-refractivity contribution in [2.45, 2.75) is 18.9 Å². The molecule has 1 saturated heterocycles. The van der Waals surface area contributed by atoms with Crippen LogP contribution in [0.2, 0.25) is 0 Å². The van der Waals surface area contributed by atoms with Gasteiger partial charge < -0.3 is 4.98 Å². The number of rotatable bonds is 4. The highest BCUT2D eigenvalue weighted by Gasteiger charge is 2.28. The van der Waals surface area contributed by atoms with Crippen LogP contribution in [0.1, 0.15) is 34.8 Å². The zero-order chi connectivity index (χ0) is 15.6. The second-order valence-electron chi connectivity index (χ2n) is 6.21. The topological polar surface area (TPSA) is 36.1 Å². The number of aromatic nitrogens is 1. The molecule has 1 N–H and O–H groups in total. The highest BCUT2D eigenvalue weighted by atomic mass is 16.1. The van der Waals surface area contributed by atoms with Crippen LogP contribution in [0.25, 0.3) is 10.9 Å². The third-order valence-corrected chi connectivity index (χ3v) is 4.78. The van der Waals surface area contributed by atoms with Gasteiger partial charge in [0.25, 0.3) is 0 Å². The molecule has 1 aromatic heterocycles. The lowest BCUT2D eigenvalue weighted by Crippen LogP contribution is -2.29. The summed E-state index contributed by atoms with van der Waals surface area (Å²) in [4.78, 5) is 18.3. The van der Waals surface area contributed by atoms with E-state index in [4.69, 9.17) is 0 Å². The summed E-state index contributed by atoms with van der Waals surface area (Å²) in [6.07, 6.45) is 4.13. The molecule has 3 aromatic rings. The summed E-state index contributed by atoms with van der Waals surface area (Å²) in [7, 11) is 0. The Bertz CT molecular complexity index is 822. The average Bonchev–Trinajstić information content (AvgIpc) is 3.22. The molecule has 0 aliphatic carbocycles. The van der Waals surface area contributed by atoms with Crippen molar-refractivity contribution in [1.82, 2.24) is 9.88 Å². The number of aromatic amines is 1. The van der Waals surface area contributed by atoms with Crippen molar-refractivity contribution >= 4 is 16.7 Å². The molecule has 1 aliphatic rings. The van der Waals surface area contributed by atoms with E-state index in [2.05, 4.69) is 34.1 Å². The summed E-state index contributed by atoms with van der Waals surface area (Å²) in [6.45, 7) is 1.48. The predicted octanol–water partition coefficient (Wildman–Crippen LogP) is 4.19. The van der Waals surface area contributed by atoms with Crippen molar-refractivity contribution in [2.24, 2.45) is 0 Å². The monoisotopic (exact) mass is 304 g/mol. The molecule has 0 spiro atoms. The molecule has 0 radical (unpaired) electrons. The molecule has 1 aliphatic heterocycles. The van der Waals surface area contributed by atoms with Crippen molar-refractivity contribution in [3.8, 4) is 0 Å². The third kappa shape index (κ3) is 2.68. The molecule has 1 atom stereocenters. The number of carbonyl (C=O) groups excluding carboxylic acids is 1. The molecule has 116 valence electrons. The van der Waals surface area contributed by atoms with Gasteiger partial charge in [-0.05, 0) is 31.0 Å². The normalized spacial score (nSPS) is 18.5. The fourth-order valence-electron chi connectivity index (χ4n) is 3.64. The van der Waals surface area contributed by atoms with Gasteiger partial charge in [0.15, 0.2) is 5.78 Å². The summed E-state index contributed by atoms with van der Waals surface area (Å²) in [5.41, 5.74) is 3.15. The van der Waals surface area contributed by atoms with E-state index >= 15 is 0 Å². The van der Waals surface area contributed by atoms with Gasteiger partial charge in [0.1, 0.15) is 0 Å². The second kappa shape index (κ2) is 6.01. The Morgan fingerprint density at radius 1 is 1.09 bits per heavy atom. The first-order valence-corrected chi connectivity index (χ1v) is 8.21. The Hall–Kier alpha value is -2.39. The van der Waals surface area contributed by atoms with Gasteiger partial charge in [0, 0.05) is 28.7 Å². The number of fused-ring (bicyclic) bond motifs is 1. The summed E-state index contributed by atoms with van der Waals surface area (Å²) in [5, 5.41) is 1.02. The fourth-order valence-corrected chi connectivity index (χ4v) is 3.64. The minimum atomic E-state index is 0.199. The van der Waals surface area contributed by atoms with Crippen molar-refractivity contribution in [1.29, 1.82) is 0 Å². The third-order valence-electron chi connectivity index (χ3n) is 4.78. The number of carbonyl (C=O) groups is 1. The lowest BCUT2D eigenvalue weighted by molar-refractivity contribution is 0.0923. The van der Waals surface area contributed by atoms with Crippen LogP contribution in [0.15, 0.2) is 60.8 Å². The summed E-state index contributed by atoms with van der Waals surface area (Å²) >= 11 is 0. The Labute approximate surface area is 135 Å². The zero-order valence-electron chi connectivity index (χ0n) is 13.0. The van der Waals surface area contributed by atoms with E-state index < -0.39 is 0 Å². The van der Waals surface area contributed by atoms with Gasteiger partial charge in [-0.1, -0.05) is 48.5 Å². The molecule has 0 amide bonds. The maximum absolute atomic E-state index is 12.8. The van der Waals surface area contributed by atoms with Crippen LogP contribution in [0.5, 0.6) is 0 Å². The molecule has 4 rings (SSSR count). The van der Waals surface area contributed by atoms with E-state index in [9.17, 15) is 4.79 Å².